The van der Waals surface area contributed by atoms with E-state index in [0.717, 1.165) is 33.8 Å². The fourth-order valence-corrected chi connectivity index (χ4v) is 4.13. The normalized spacial score (nSPS) is 14.2. The van der Waals surface area contributed by atoms with Crippen molar-refractivity contribution in [2.24, 2.45) is 0 Å². The standard InChI is InChI=1S/C24H25N7O/c1-16-17(2)31(15-26-16)22-14-21(27-18(3)28-22)29-10-12-30(13-11-29)24(32)23-20-7-5-4-6-19(20)8-9-25-23/h4-9,14-15H,10-13H2,1-3H3. The summed E-state index contributed by atoms with van der Waals surface area (Å²) in [6.45, 7) is 8.56. The topological polar surface area (TPSA) is 80.0 Å². The molecule has 1 aliphatic heterocycles. The van der Waals surface area contributed by atoms with Gasteiger partial charge in [0.2, 0.25) is 0 Å². The molecule has 1 saturated heterocycles. The third-order valence-corrected chi connectivity index (χ3v) is 6.08. The molecule has 32 heavy (non-hydrogen) atoms. The predicted octanol–water partition coefficient (Wildman–Crippen LogP) is 3.10. The van der Waals surface area contributed by atoms with Gasteiger partial charge in [-0.05, 0) is 32.2 Å². The Kier molecular flexibility index (Phi) is 5.05. The molecule has 0 N–H and O–H groups in total. The summed E-state index contributed by atoms with van der Waals surface area (Å²) in [5.41, 5.74) is 2.56. The average molecular weight is 428 g/mol. The van der Waals surface area contributed by atoms with Crippen molar-refractivity contribution in [3.63, 3.8) is 0 Å². The van der Waals surface area contributed by atoms with Gasteiger partial charge in [0.25, 0.3) is 5.91 Å². The van der Waals surface area contributed by atoms with Crippen molar-refractivity contribution in [3.05, 3.63) is 71.8 Å². The number of hydrogen-bond acceptors (Lipinski definition) is 6. The number of benzene rings is 1. The van der Waals surface area contributed by atoms with Gasteiger partial charge in [0.1, 0.15) is 29.5 Å². The molecule has 1 amide bonds. The average Bonchev–Trinajstić information content (AvgIpc) is 3.16. The molecule has 0 bridgehead atoms. The van der Waals surface area contributed by atoms with Gasteiger partial charge in [0.15, 0.2) is 0 Å². The number of rotatable bonds is 3. The number of hydrogen-bond donors (Lipinski definition) is 0. The number of pyridine rings is 1. The smallest absolute Gasteiger partial charge is 0.273 e. The van der Waals surface area contributed by atoms with Crippen LogP contribution in [0.15, 0.2) is 48.9 Å². The zero-order valence-corrected chi connectivity index (χ0v) is 18.5. The van der Waals surface area contributed by atoms with Crippen LogP contribution >= 0.6 is 0 Å². The zero-order chi connectivity index (χ0) is 22.2. The summed E-state index contributed by atoms with van der Waals surface area (Å²) in [6, 6.07) is 11.8. The van der Waals surface area contributed by atoms with Crippen LogP contribution in [0.1, 0.15) is 27.7 Å². The van der Waals surface area contributed by atoms with E-state index < -0.39 is 0 Å². The van der Waals surface area contributed by atoms with Crippen LogP contribution in [0.5, 0.6) is 0 Å². The molecule has 0 spiro atoms. The lowest BCUT2D eigenvalue weighted by atomic mass is 10.1. The van der Waals surface area contributed by atoms with Crippen LogP contribution in [0.25, 0.3) is 16.6 Å². The first-order valence-electron chi connectivity index (χ1n) is 10.8. The van der Waals surface area contributed by atoms with Gasteiger partial charge in [0.05, 0.1) is 5.69 Å². The number of piperazine rings is 1. The van der Waals surface area contributed by atoms with Crippen molar-refractivity contribution in [1.82, 2.24) is 29.4 Å². The Hall–Kier alpha value is -3.81. The quantitative estimate of drug-likeness (QED) is 0.500. The molecule has 1 fully saturated rings. The van der Waals surface area contributed by atoms with E-state index in [0.29, 0.717) is 37.7 Å². The van der Waals surface area contributed by atoms with Gasteiger partial charge in [-0.25, -0.2) is 15.0 Å². The number of aryl methyl sites for hydroxylation is 2. The molecule has 8 heteroatoms. The second-order valence-corrected chi connectivity index (χ2v) is 8.08. The van der Waals surface area contributed by atoms with E-state index in [4.69, 9.17) is 0 Å². The molecule has 8 nitrogen and oxygen atoms in total. The Balaban J connectivity index is 1.35. The van der Waals surface area contributed by atoms with Gasteiger partial charge in [-0.15, -0.1) is 0 Å². The molecule has 0 atom stereocenters. The van der Waals surface area contributed by atoms with E-state index >= 15 is 0 Å². The first-order chi connectivity index (χ1) is 15.5. The van der Waals surface area contributed by atoms with Crippen molar-refractivity contribution in [2.75, 3.05) is 31.1 Å². The van der Waals surface area contributed by atoms with Gasteiger partial charge in [0, 0.05) is 49.5 Å². The highest BCUT2D eigenvalue weighted by Crippen LogP contribution is 2.22. The summed E-state index contributed by atoms with van der Waals surface area (Å²) in [5.74, 6) is 2.37. The molecule has 5 rings (SSSR count). The first kappa shape index (κ1) is 20.1. The summed E-state index contributed by atoms with van der Waals surface area (Å²) in [4.78, 5) is 35.3. The van der Waals surface area contributed by atoms with E-state index in [1.807, 2.05) is 66.6 Å². The maximum Gasteiger partial charge on any atom is 0.273 e. The molecule has 1 aliphatic rings. The molecule has 0 saturated carbocycles. The lowest BCUT2D eigenvalue weighted by Gasteiger charge is -2.35. The number of aromatic nitrogens is 5. The van der Waals surface area contributed by atoms with Crippen molar-refractivity contribution >= 4 is 22.5 Å². The highest BCUT2D eigenvalue weighted by Gasteiger charge is 2.25. The molecule has 0 aliphatic carbocycles. The van der Waals surface area contributed by atoms with Crippen LogP contribution in [0, 0.1) is 20.8 Å². The van der Waals surface area contributed by atoms with Crippen LogP contribution < -0.4 is 4.90 Å². The minimum Gasteiger partial charge on any atom is -0.353 e. The second kappa shape index (κ2) is 8.03. The summed E-state index contributed by atoms with van der Waals surface area (Å²) >= 11 is 0. The van der Waals surface area contributed by atoms with Gasteiger partial charge in [-0.3, -0.25) is 14.3 Å². The Morgan fingerprint density at radius 1 is 0.906 bits per heavy atom. The van der Waals surface area contributed by atoms with E-state index in [9.17, 15) is 4.79 Å². The molecule has 0 unspecified atom stereocenters. The summed E-state index contributed by atoms with van der Waals surface area (Å²) in [5, 5.41) is 1.92. The zero-order valence-electron chi connectivity index (χ0n) is 18.5. The third-order valence-electron chi connectivity index (χ3n) is 6.08. The maximum absolute atomic E-state index is 13.2. The van der Waals surface area contributed by atoms with Gasteiger partial charge in [-0.1, -0.05) is 24.3 Å². The number of carbonyl (C=O) groups is 1. The second-order valence-electron chi connectivity index (χ2n) is 8.08. The fraction of sp³-hybridized carbons (Fsp3) is 0.292. The van der Waals surface area contributed by atoms with Crippen molar-refractivity contribution < 1.29 is 4.79 Å². The molecular weight excluding hydrogens is 402 g/mol. The van der Waals surface area contributed by atoms with Gasteiger partial charge >= 0.3 is 0 Å². The van der Waals surface area contributed by atoms with E-state index in [-0.39, 0.29) is 5.91 Å². The summed E-state index contributed by atoms with van der Waals surface area (Å²) < 4.78 is 1.99. The van der Waals surface area contributed by atoms with E-state index in [1.165, 1.54) is 0 Å². The minimum atomic E-state index is -0.0227. The molecule has 4 aromatic rings. The Labute approximate surface area is 186 Å². The third kappa shape index (κ3) is 3.57. The Morgan fingerprint density at radius 3 is 2.41 bits per heavy atom. The Morgan fingerprint density at radius 2 is 1.66 bits per heavy atom. The number of fused-ring (bicyclic) bond motifs is 1. The number of amides is 1. The number of carbonyl (C=O) groups excluding carboxylic acids is 1. The summed E-state index contributed by atoms with van der Waals surface area (Å²) in [6.07, 6.45) is 3.50. The number of nitrogens with zero attached hydrogens (tertiary/aromatic N) is 7. The molecule has 4 heterocycles. The van der Waals surface area contributed by atoms with Crippen LogP contribution in [0.4, 0.5) is 5.82 Å². The monoisotopic (exact) mass is 427 g/mol. The van der Waals surface area contributed by atoms with Crippen LogP contribution in [-0.2, 0) is 0 Å². The molecule has 162 valence electrons. The van der Waals surface area contributed by atoms with Crippen molar-refractivity contribution in [2.45, 2.75) is 20.8 Å². The number of anilines is 1. The van der Waals surface area contributed by atoms with Crippen LogP contribution in [-0.4, -0.2) is 61.5 Å². The summed E-state index contributed by atoms with van der Waals surface area (Å²) in [7, 11) is 0. The highest BCUT2D eigenvalue weighted by molar-refractivity contribution is 6.05. The van der Waals surface area contributed by atoms with Gasteiger partial charge in [-0.2, -0.15) is 0 Å². The minimum absolute atomic E-state index is 0.0227. The first-order valence-corrected chi connectivity index (χ1v) is 10.8. The van der Waals surface area contributed by atoms with E-state index in [2.05, 4.69) is 24.8 Å². The van der Waals surface area contributed by atoms with Gasteiger partial charge < -0.3 is 9.80 Å². The van der Waals surface area contributed by atoms with Crippen LogP contribution in [0.3, 0.4) is 0 Å². The predicted molar refractivity (Wildman–Crippen MR) is 123 cm³/mol. The van der Waals surface area contributed by atoms with Crippen molar-refractivity contribution in [3.8, 4) is 5.82 Å². The fourth-order valence-electron chi connectivity index (χ4n) is 4.13. The van der Waals surface area contributed by atoms with Crippen molar-refractivity contribution in [1.29, 1.82) is 0 Å². The lowest BCUT2D eigenvalue weighted by Crippen LogP contribution is -2.49. The molecular formula is C24H25N7O. The SMILES string of the molecule is Cc1nc(N2CCN(C(=O)c3nccc4ccccc34)CC2)cc(-n2cnc(C)c2C)n1. The highest BCUT2D eigenvalue weighted by atomic mass is 16.2. The molecule has 0 radical (unpaired) electrons. The van der Waals surface area contributed by atoms with E-state index in [1.54, 1.807) is 12.5 Å². The lowest BCUT2D eigenvalue weighted by molar-refractivity contribution is 0.0743. The molecule has 1 aromatic carbocycles. The Bertz CT molecular complexity index is 1300. The molecule has 3 aromatic heterocycles. The maximum atomic E-state index is 13.2. The largest absolute Gasteiger partial charge is 0.353 e. The van der Waals surface area contributed by atoms with Crippen LogP contribution in [0.2, 0.25) is 0 Å². The number of imidazole rings is 1.